The van der Waals surface area contributed by atoms with Crippen molar-refractivity contribution in [3.8, 4) is 22.3 Å². The molecule has 2 N–H and O–H groups in total. The van der Waals surface area contributed by atoms with E-state index in [1.165, 1.54) is 6.07 Å². The quantitative estimate of drug-likeness (QED) is 0.688. The van der Waals surface area contributed by atoms with Gasteiger partial charge in [0.05, 0.1) is 11.3 Å². The van der Waals surface area contributed by atoms with Gasteiger partial charge in [-0.25, -0.2) is 9.37 Å². The minimum Gasteiger partial charge on any atom is -0.384 e. The smallest absolute Gasteiger partial charge is 0.256 e. The Hall–Kier alpha value is -3.28. The summed E-state index contributed by atoms with van der Waals surface area (Å²) in [4.78, 5) is 23.3. The summed E-state index contributed by atoms with van der Waals surface area (Å²) in [5, 5.41) is 0. The Balaban J connectivity index is 1.80. The van der Waals surface area contributed by atoms with Gasteiger partial charge >= 0.3 is 0 Å². The van der Waals surface area contributed by atoms with Crippen molar-refractivity contribution in [2.75, 3.05) is 18.8 Å². The summed E-state index contributed by atoms with van der Waals surface area (Å²) in [5.41, 5.74) is 11.1. The van der Waals surface area contributed by atoms with Crippen molar-refractivity contribution in [2.24, 2.45) is 0 Å². The molecule has 5 nitrogen and oxygen atoms in total. The van der Waals surface area contributed by atoms with Gasteiger partial charge < -0.3 is 10.6 Å². The SMILES string of the molecule is CCc1nc(N)ccc1-c1c(-c2ccc(C(=O)N3CCCC3)c(F)c2)ccnc1C. The molecule has 1 aromatic carbocycles. The molecule has 0 unspecified atom stereocenters. The van der Waals surface area contributed by atoms with Gasteiger partial charge in [0, 0.05) is 36.1 Å². The minimum absolute atomic E-state index is 0.122. The highest BCUT2D eigenvalue weighted by Gasteiger charge is 2.23. The first kappa shape index (κ1) is 20.0. The third-order valence-corrected chi connectivity index (χ3v) is 5.64. The molecule has 0 atom stereocenters. The maximum atomic E-state index is 15.0. The van der Waals surface area contributed by atoms with E-state index in [1.54, 1.807) is 29.3 Å². The number of hydrogen-bond donors (Lipinski definition) is 1. The number of hydrogen-bond acceptors (Lipinski definition) is 4. The number of carbonyl (C=O) groups excluding carboxylic acids is 1. The molecular weight excluding hydrogens is 379 g/mol. The number of anilines is 1. The highest BCUT2D eigenvalue weighted by atomic mass is 19.1. The van der Waals surface area contributed by atoms with Gasteiger partial charge in [0.2, 0.25) is 0 Å². The second-order valence-electron chi connectivity index (χ2n) is 7.60. The average Bonchev–Trinajstić information content (AvgIpc) is 3.28. The maximum Gasteiger partial charge on any atom is 0.256 e. The summed E-state index contributed by atoms with van der Waals surface area (Å²) in [6.45, 7) is 5.33. The predicted octanol–water partition coefficient (Wildman–Crippen LogP) is 4.64. The van der Waals surface area contributed by atoms with Crippen molar-refractivity contribution in [3.05, 3.63) is 65.4 Å². The van der Waals surface area contributed by atoms with Gasteiger partial charge in [-0.15, -0.1) is 0 Å². The number of rotatable bonds is 4. The van der Waals surface area contributed by atoms with E-state index in [-0.39, 0.29) is 11.5 Å². The van der Waals surface area contributed by atoms with E-state index in [4.69, 9.17) is 5.73 Å². The fraction of sp³-hybridized carbons (Fsp3) is 0.292. The van der Waals surface area contributed by atoms with Crippen LogP contribution in [0.15, 0.2) is 42.6 Å². The van der Waals surface area contributed by atoms with Crippen molar-refractivity contribution >= 4 is 11.7 Å². The van der Waals surface area contributed by atoms with E-state index < -0.39 is 5.82 Å². The lowest BCUT2D eigenvalue weighted by atomic mass is 9.92. The maximum absolute atomic E-state index is 15.0. The number of benzene rings is 1. The molecule has 0 spiro atoms. The lowest BCUT2D eigenvalue weighted by Gasteiger charge is -2.18. The molecule has 1 fully saturated rings. The topological polar surface area (TPSA) is 72.1 Å². The monoisotopic (exact) mass is 404 g/mol. The summed E-state index contributed by atoms with van der Waals surface area (Å²) < 4.78 is 15.0. The molecule has 154 valence electrons. The summed E-state index contributed by atoms with van der Waals surface area (Å²) in [6.07, 6.45) is 4.37. The Morgan fingerprint density at radius 2 is 1.90 bits per heavy atom. The Labute approximate surface area is 175 Å². The molecule has 1 aliphatic rings. The zero-order chi connectivity index (χ0) is 21.3. The molecule has 0 aliphatic carbocycles. The predicted molar refractivity (Wildman–Crippen MR) is 117 cm³/mol. The largest absolute Gasteiger partial charge is 0.384 e. The van der Waals surface area contributed by atoms with Crippen LogP contribution in [-0.2, 0) is 6.42 Å². The van der Waals surface area contributed by atoms with Crippen LogP contribution >= 0.6 is 0 Å². The van der Waals surface area contributed by atoms with Crippen LogP contribution in [0.4, 0.5) is 10.2 Å². The molecule has 1 aliphatic heterocycles. The summed E-state index contributed by atoms with van der Waals surface area (Å²) in [6, 6.07) is 10.4. The molecule has 30 heavy (non-hydrogen) atoms. The standard InChI is InChI=1S/C24H25FN4O/c1-3-21-19(8-9-22(26)28-21)23-15(2)27-11-10-17(23)16-6-7-18(20(25)14-16)24(30)29-12-4-5-13-29/h6-11,14H,3-5,12-13H2,1-2H3,(H2,26,28). The first-order chi connectivity index (χ1) is 14.5. The number of pyridine rings is 2. The van der Waals surface area contributed by atoms with E-state index in [0.717, 1.165) is 40.9 Å². The van der Waals surface area contributed by atoms with Crippen LogP contribution in [0.2, 0.25) is 0 Å². The van der Waals surface area contributed by atoms with Gasteiger partial charge in [-0.1, -0.05) is 13.0 Å². The molecule has 3 aromatic rings. The number of aryl methyl sites for hydroxylation is 2. The van der Waals surface area contributed by atoms with Gasteiger partial charge in [0.15, 0.2) is 0 Å². The Kier molecular flexibility index (Phi) is 5.48. The molecule has 4 rings (SSSR count). The van der Waals surface area contributed by atoms with Crippen molar-refractivity contribution in [2.45, 2.75) is 33.1 Å². The number of likely N-dealkylation sites (tertiary alicyclic amines) is 1. The van der Waals surface area contributed by atoms with E-state index in [9.17, 15) is 9.18 Å². The zero-order valence-electron chi connectivity index (χ0n) is 17.3. The Morgan fingerprint density at radius 3 is 2.60 bits per heavy atom. The van der Waals surface area contributed by atoms with Gasteiger partial charge in [0.25, 0.3) is 5.91 Å². The van der Waals surface area contributed by atoms with Gasteiger partial charge in [0.1, 0.15) is 11.6 Å². The molecule has 0 saturated carbocycles. The van der Waals surface area contributed by atoms with Crippen LogP contribution in [0.1, 0.15) is 41.5 Å². The minimum atomic E-state index is -0.504. The van der Waals surface area contributed by atoms with Crippen molar-refractivity contribution in [3.63, 3.8) is 0 Å². The fourth-order valence-corrected chi connectivity index (χ4v) is 4.11. The number of nitrogens with two attached hydrogens (primary N) is 1. The first-order valence-electron chi connectivity index (χ1n) is 10.3. The lowest BCUT2D eigenvalue weighted by Crippen LogP contribution is -2.28. The highest BCUT2D eigenvalue weighted by molar-refractivity contribution is 5.95. The molecule has 1 saturated heterocycles. The van der Waals surface area contributed by atoms with Gasteiger partial charge in [-0.3, -0.25) is 9.78 Å². The number of nitrogen functional groups attached to an aromatic ring is 1. The fourth-order valence-electron chi connectivity index (χ4n) is 4.11. The molecule has 1 amide bonds. The van der Waals surface area contributed by atoms with Gasteiger partial charge in [-0.05, 0) is 67.6 Å². The summed E-state index contributed by atoms with van der Waals surface area (Å²) >= 11 is 0. The molecule has 3 heterocycles. The number of carbonyl (C=O) groups is 1. The van der Waals surface area contributed by atoms with Crippen molar-refractivity contribution < 1.29 is 9.18 Å². The Morgan fingerprint density at radius 1 is 1.13 bits per heavy atom. The summed E-state index contributed by atoms with van der Waals surface area (Å²) in [7, 11) is 0. The van der Waals surface area contributed by atoms with Crippen LogP contribution in [0.5, 0.6) is 0 Å². The van der Waals surface area contributed by atoms with E-state index >= 15 is 0 Å². The van der Waals surface area contributed by atoms with Crippen molar-refractivity contribution in [1.29, 1.82) is 0 Å². The zero-order valence-corrected chi connectivity index (χ0v) is 17.3. The normalized spacial score (nSPS) is 13.6. The van der Waals surface area contributed by atoms with E-state index in [1.807, 2.05) is 26.0 Å². The second-order valence-corrected chi connectivity index (χ2v) is 7.60. The van der Waals surface area contributed by atoms with Gasteiger partial charge in [-0.2, -0.15) is 0 Å². The van der Waals surface area contributed by atoms with Crippen LogP contribution in [-0.4, -0.2) is 33.9 Å². The van der Waals surface area contributed by atoms with Crippen LogP contribution in [0.3, 0.4) is 0 Å². The van der Waals surface area contributed by atoms with Crippen molar-refractivity contribution in [1.82, 2.24) is 14.9 Å². The molecule has 0 bridgehead atoms. The Bertz CT molecular complexity index is 1110. The lowest BCUT2D eigenvalue weighted by molar-refractivity contribution is 0.0788. The summed E-state index contributed by atoms with van der Waals surface area (Å²) in [5.74, 6) is -0.274. The highest BCUT2D eigenvalue weighted by Crippen LogP contribution is 2.36. The number of nitrogens with zero attached hydrogens (tertiary/aromatic N) is 3. The number of halogens is 1. The molecule has 6 heteroatoms. The number of aromatic nitrogens is 2. The third-order valence-electron chi connectivity index (χ3n) is 5.64. The first-order valence-corrected chi connectivity index (χ1v) is 10.3. The van der Waals surface area contributed by atoms with Crippen LogP contribution in [0, 0.1) is 12.7 Å². The number of amides is 1. The molecule has 2 aromatic heterocycles. The van der Waals surface area contributed by atoms with E-state index in [2.05, 4.69) is 9.97 Å². The third kappa shape index (κ3) is 3.65. The van der Waals surface area contributed by atoms with Crippen LogP contribution < -0.4 is 5.73 Å². The van der Waals surface area contributed by atoms with Crippen LogP contribution in [0.25, 0.3) is 22.3 Å². The molecule has 0 radical (unpaired) electrons. The van der Waals surface area contributed by atoms with E-state index in [0.29, 0.717) is 30.9 Å². The average molecular weight is 404 g/mol. The molecular formula is C24H25FN4O. The second kappa shape index (κ2) is 8.22.